The van der Waals surface area contributed by atoms with E-state index >= 15 is 0 Å². The molecule has 0 radical (unpaired) electrons. The second kappa shape index (κ2) is 12.0. The van der Waals surface area contributed by atoms with Gasteiger partial charge in [0.15, 0.2) is 11.6 Å². The van der Waals surface area contributed by atoms with Crippen LogP contribution in [0.5, 0.6) is 0 Å². The minimum Gasteiger partial charge on any atom is -0.377 e. The van der Waals surface area contributed by atoms with Gasteiger partial charge in [0.1, 0.15) is 0 Å². The molecule has 1 unspecified atom stereocenters. The summed E-state index contributed by atoms with van der Waals surface area (Å²) in [6.45, 7) is 4.56. The topological polar surface area (TPSA) is 44.8 Å². The lowest BCUT2D eigenvalue weighted by atomic mass is 9.68. The number of hydrogen-bond donors (Lipinski definition) is 1. The molecule has 3 aromatic carbocycles. The molecule has 0 saturated carbocycles. The highest BCUT2D eigenvalue weighted by Crippen LogP contribution is 2.41. The predicted octanol–water partition coefficient (Wildman–Crippen LogP) is 5.52. The number of likely N-dealkylation sites (tertiary alicyclic amines) is 1. The number of nitrogens with one attached hydrogen (secondary N) is 1. The van der Waals surface area contributed by atoms with Crippen molar-refractivity contribution in [1.82, 2.24) is 15.1 Å². The van der Waals surface area contributed by atoms with Crippen LogP contribution in [0.3, 0.4) is 0 Å². The molecule has 2 heterocycles. The third-order valence-corrected chi connectivity index (χ3v) is 8.01. The minimum atomic E-state index is -0.918. The lowest BCUT2D eigenvalue weighted by Gasteiger charge is -2.43. The summed E-state index contributed by atoms with van der Waals surface area (Å²) in [4.78, 5) is 17.1. The lowest BCUT2D eigenvalue weighted by molar-refractivity contribution is 0.0115. The molecule has 5 rings (SSSR count). The van der Waals surface area contributed by atoms with E-state index < -0.39 is 17.7 Å². The maximum absolute atomic E-state index is 13.8. The molecule has 200 valence electrons. The number of amides is 2. The first kappa shape index (κ1) is 26.3. The summed E-state index contributed by atoms with van der Waals surface area (Å²) in [6, 6.07) is 24.8. The smallest absolute Gasteiger partial charge is 0.318 e. The molecule has 0 spiro atoms. The summed E-state index contributed by atoms with van der Waals surface area (Å²) >= 11 is 0. The van der Waals surface area contributed by atoms with Crippen LogP contribution in [-0.4, -0.2) is 61.8 Å². The van der Waals surface area contributed by atoms with Gasteiger partial charge < -0.3 is 19.9 Å². The molecule has 1 N–H and O–H groups in total. The van der Waals surface area contributed by atoms with Gasteiger partial charge in [-0.3, -0.25) is 0 Å². The molecule has 2 amide bonds. The SMILES string of the molecule is O=C(NCCCN1CCC(c2ccccc2)(c2ccccc2)CC1)N1CCOCC1c1ccc(F)c(F)c1. The number of carbonyl (C=O) groups is 1. The van der Waals surface area contributed by atoms with Crippen molar-refractivity contribution in [2.45, 2.75) is 30.7 Å². The number of hydrogen-bond acceptors (Lipinski definition) is 3. The van der Waals surface area contributed by atoms with E-state index in [0.717, 1.165) is 51.0 Å². The van der Waals surface area contributed by atoms with Crippen LogP contribution >= 0.6 is 0 Å². The van der Waals surface area contributed by atoms with Crippen molar-refractivity contribution in [1.29, 1.82) is 0 Å². The third-order valence-electron chi connectivity index (χ3n) is 8.01. The van der Waals surface area contributed by atoms with E-state index in [4.69, 9.17) is 4.74 Å². The fourth-order valence-electron chi connectivity index (χ4n) is 5.86. The number of nitrogens with zero attached hydrogens (tertiary/aromatic N) is 2. The standard InChI is InChI=1S/C31H35F2N3O2/c32-27-13-12-24(22-28(27)33)29-23-38-21-20-36(29)30(37)34-16-7-17-35-18-14-31(15-19-35,25-8-3-1-4-9-25)26-10-5-2-6-11-26/h1-6,8-13,22,29H,7,14-21,23H2,(H,34,37). The summed E-state index contributed by atoms with van der Waals surface area (Å²) in [5, 5.41) is 3.02. The van der Waals surface area contributed by atoms with E-state index in [1.165, 1.54) is 17.2 Å². The first-order valence-electron chi connectivity index (χ1n) is 13.5. The minimum absolute atomic E-state index is 0.0262. The van der Waals surface area contributed by atoms with Crippen LogP contribution in [0.2, 0.25) is 0 Å². The zero-order chi connectivity index (χ0) is 26.4. The second-order valence-electron chi connectivity index (χ2n) is 10.2. The van der Waals surface area contributed by atoms with Gasteiger partial charge in [0, 0.05) is 18.5 Å². The largest absolute Gasteiger partial charge is 0.377 e. The summed E-state index contributed by atoms with van der Waals surface area (Å²) in [5.74, 6) is -1.82. The summed E-state index contributed by atoms with van der Waals surface area (Å²) in [7, 11) is 0. The van der Waals surface area contributed by atoms with Gasteiger partial charge in [0.2, 0.25) is 0 Å². The van der Waals surface area contributed by atoms with Gasteiger partial charge in [-0.1, -0.05) is 66.7 Å². The first-order chi connectivity index (χ1) is 18.6. The zero-order valence-corrected chi connectivity index (χ0v) is 21.6. The lowest BCUT2D eigenvalue weighted by Crippen LogP contribution is -2.48. The van der Waals surface area contributed by atoms with Gasteiger partial charge in [-0.15, -0.1) is 0 Å². The Hall–Kier alpha value is -3.29. The number of halogens is 2. The monoisotopic (exact) mass is 519 g/mol. The normalized spacial score (nSPS) is 19.7. The van der Waals surface area contributed by atoms with E-state index in [0.29, 0.717) is 25.3 Å². The molecule has 2 aliphatic rings. The van der Waals surface area contributed by atoms with E-state index in [-0.39, 0.29) is 18.1 Å². The Kier molecular flexibility index (Phi) is 8.35. The molecule has 2 saturated heterocycles. The van der Waals surface area contributed by atoms with Crippen molar-refractivity contribution in [3.05, 3.63) is 107 Å². The molecule has 0 aliphatic carbocycles. The Bertz CT molecular complexity index is 1160. The van der Waals surface area contributed by atoms with Crippen molar-refractivity contribution in [3.8, 4) is 0 Å². The highest BCUT2D eigenvalue weighted by Gasteiger charge is 2.37. The summed E-state index contributed by atoms with van der Waals surface area (Å²) < 4.78 is 32.7. The van der Waals surface area contributed by atoms with Crippen LogP contribution in [0.4, 0.5) is 13.6 Å². The van der Waals surface area contributed by atoms with E-state index in [1.807, 2.05) is 0 Å². The van der Waals surface area contributed by atoms with Gasteiger partial charge in [-0.2, -0.15) is 0 Å². The van der Waals surface area contributed by atoms with Crippen LogP contribution in [0.1, 0.15) is 42.0 Å². The molecule has 2 aliphatic heterocycles. The third kappa shape index (κ3) is 5.74. The maximum Gasteiger partial charge on any atom is 0.318 e. The van der Waals surface area contributed by atoms with Gasteiger partial charge >= 0.3 is 6.03 Å². The van der Waals surface area contributed by atoms with Crippen LogP contribution in [0.25, 0.3) is 0 Å². The van der Waals surface area contributed by atoms with Crippen LogP contribution < -0.4 is 5.32 Å². The van der Waals surface area contributed by atoms with Crippen molar-refractivity contribution < 1.29 is 18.3 Å². The highest BCUT2D eigenvalue weighted by molar-refractivity contribution is 5.74. The predicted molar refractivity (Wildman–Crippen MR) is 144 cm³/mol. The molecule has 38 heavy (non-hydrogen) atoms. The first-order valence-corrected chi connectivity index (χ1v) is 13.5. The number of benzene rings is 3. The van der Waals surface area contributed by atoms with Crippen molar-refractivity contribution in [3.63, 3.8) is 0 Å². The average Bonchev–Trinajstić information content (AvgIpc) is 2.98. The molecule has 0 bridgehead atoms. The molecule has 3 aromatic rings. The van der Waals surface area contributed by atoms with Crippen molar-refractivity contribution in [2.24, 2.45) is 0 Å². The molecule has 5 nitrogen and oxygen atoms in total. The maximum atomic E-state index is 13.8. The fourth-order valence-corrected chi connectivity index (χ4v) is 5.86. The average molecular weight is 520 g/mol. The van der Waals surface area contributed by atoms with Crippen molar-refractivity contribution in [2.75, 3.05) is 45.9 Å². The Morgan fingerprint density at radius 2 is 1.55 bits per heavy atom. The Morgan fingerprint density at radius 3 is 2.18 bits per heavy atom. The number of urea groups is 1. The molecule has 2 fully saturated rings. The number of morpholine rings is 1. The highest BCUT2D eigenvalue weighted by atomic mass is 19.2. The van der Waals surface area contributed by atoms with E-state index in [9.17, 15) is 13.6 Å². The fraction of sp³-hybridized carbons (Fsp3) is 0.387. The zero-order valence-electron chi connectivity index (χ0n) is 21.6. The summed E-state index contributed by atoms with van der Waals surface area (Å²) in [5.41, 5.74) is 3.31. The Labute approximate surface area is 223 Å². The van der Waals surface area contributed by atoms with Gasteiger partial charge in [-0.05, 0) is 67.7 Å². The van der Waals surface area contributed by atoms with Gasteiger partial charge in [0.25, 0.3) is 0 Å². The Balaban J connectivity index is 1.13. The molecule has 7 heteroatoms. The van der Waals surface area contributed by atoms with E-state index in [1.54, 1.807) is 4.90 Å². The molecular formula is C31H35F2N3O2. The van der Waals surface area contributed by atoms with Gasteiger partial charge in [0.05, 0.1) is 19.3 Å². The Morgan fingerprint density at radius 1 is 0.895 bits per heavy atom. The molecular weight excluding hydrogens is 484 g/mol. The molecule has 0 aromatic heterocycles. The van der Waals surface area contributed by atoms with Crippen LogP contribution in [0, 0.1) is 11.6 Å². The van der Waals surface area contributed by atoms with Crippen LogP contribution in [0.15, 0.2) is 78.9 Å². The number of rotatable bonds is 7. The van der Waals surface area contributed by atoms with Gasteiger partial charge in [-0.25, -0.2) is 13.6 Å². The molecule has 1 atom stereocenters. The van der Waals surface area contributed by atoms with Crippen LogP contribution in [-0.2, 0) is 10.2 Å². The van der Waals surface area contributed by atoms with Crippen molar-refractivity contribution >= 4 is 6.03 Å². The number of piperidine rings is 1. The number of carbonyl (C=O) groups excluding carboxylic acids is 1. The second-order valence-corrected chi connectivity index (χ2v) is 10.2. The summed E-state index contributed by atoms with van der Waals surface area (Å²) in [6.07, 6.45) is 2.95. The quantitative estimate of drug-likeness (QED) is 0.418. The van der Waals surface area contributed by atoms with E-state index in [2.05, 4.69) is 70.9 Å². The number of ether oxygens (including phenoxy) is 1.